The Kier molecular flexibility index (Phi) is 7.89. The van der Waals surface area contributed by atoms with E-state index in [2.05, 4.69) is 10.6 Å². The van der Waals surface area contributed by atoms with Crippen LogP contribution >= 0.6 is 0 Å². The molecule has 4 atom stereocenters. The Morgan fingerprint density at radius 2 is 1.84 bits per heavy atom. The maximum atomic E-state index is 13.8. The van der Waals surface area contributed by atoms with Crippen LogP contribution < -0.4 is 15.4 Å². The van der Waals surface area contributed by atoms with Crippen molar-refractivity contribution in [3.8, 4) is 5.75 Å². The second-order valence-electron chi connectivity index (χ2n) is 10.7. The first-order valence-corrected chi connectivity index (χ1v) is 12.7. The number of amides is 4. The van der Waals surface area contributed by atoms with E-state index in [-0.39, 0.29) is 31.1 Å². The number of rotatable bonds is 4. The molecule has 0 bridgehead atoms. The molecule has 4 amide bonds. The number of alkyl halides is 1. The van der Waals surface area contributed by atoms with Crippen molar-refractivity contribution in [3.63, 3.8) is 0 Å². The van der Waals surface area contributed by atoms with Gasteiger partial charge in [0.15, 0.2) is 6.67 Å². The number of benzene rings is 1. The molecule has 1 aromatic carbocycles. The number of carbonyl (C=O) groups is 4. The molecule has 4 rings (SSSR count). The fraction of sp³-hybridized carbons (Fsp3) is 0.615. The molecule has 1 aromatic rings. The average Bonchev–Trinajstić information content (AvgIpc) is 3.26. The third-order valence-electron chi connectivity index (χ3n) is 6.93. The van der Waals surface area contributed by atoms with Crippen LogP contribution in [0.4, 0.5) is 9.18 Å². The molecule has 0 radical (unpaired) electrons. The number of nitrogens with zero attached hydrogens (tertiary/aromatic N) is 2. The zero-order chi connectivity index (χ0) is 26.7. The van der Waals surface area contributed by atoms with Crippen LogP contribution in [0.25, 0.3) is 0 Å². The van der Waals surface area contributed by atoms with E-state index in [1.165, 1.54) is 4.90 Å². The lowest BCUT2D eigenvalue weighted by molar-refractivity contribution is -0.145. The quantitative estimate of drug-likeness (QED) is 0.631. The zero-order valence-electron chi connectivity index (χ0n) is 21.5. The van der Waals surface area contributed by atoms with Gasteiger partial charge in [-0.3, -0.25) is 14.4 Å². The lowest BCUT2D eigenvalue weighted by Crippen LogP contribution is -2.61. The van der Waals surface area contributed by atoms with Crippen LogP contribution in [-0.4, -0.2) is 83.7 Å². The Bertz CT molecular complexity index is 1040. The van der Waals surface area contributed by atoms with E-state index in [0.29, 0.717) is 32.3 Å². The van der Waals surface area contributed by atoms with E-state index in [9.17, 15) is 23.6 Å². The van der Waals surface area contributed by atoms with Gasteiger partial charge in [-0.05, 0) is 46.1 Å². The van der Waals surface area contributed by atoms with Gasteiger partial charge in [0.25, 0.3) is 5.91 Å². The Morgan fingerprint density at radius 1 is 1.08 bits per heavy atom. The van der Waals surface area contributed by atoms with Crippen LogP contribution in [0.1, 0.15) is 58.1 Å². The van der Waals surface area contributed by atoms with Crippen molar-refractivity contribution < 1.29 is 33.0 Å². The number of carbonyl (C=O) groups excluding carboxylic acids is 4. The van der Waals surface area contributed by atoms with Gasteiger partial charge in [-0.2, -0.15) is 0 Å². The van der Waals surface area contributed by atoms with Gasteiger partial charge >= 0.3 is 6.09 Å². The average molecular weight is 519 g/mol. The minimum absolute atomic E-state index is 0.203. The van der Waals surface area contributed by atoms with Gasteiger partial charge in [0.2, 0.25) is 11.8 Å². The zero-order valence-corrected chi connectivity index (χ0v) is 21.5. The monoisotopic (exact) mass is 518 g/mol. The Hall–Kier alpha value is -3.37. The molecule has 3 heterocycles. The Labute approximate surface area is 215 Å². The number of hydrogen-bond acceptors (Lipinski definition) is 6. The summed E-state index contributed by atoms with van der Waals surface area (Å²) in [5.41, 5.74) is 0.0856. The fourth-order valence-electron chi connectivity index (χ4n) is 5.26. The highest BCUT2D eigenvalue weighted by molar-refractivity contribution is 5.93. The summed E-state index contributed by atoms with van der Waals surface area (Å²) >= 11 is 0. The molecule has 10 nitrogen and oxygen atoms in total. The molecule has 0 saturated carbocycles. The van der Waals surface area contributed by atoms with Gasteiger partial charge < -0.3 is 29.9 Å². The summed E-state index contributed by atoms with van der Waals surface area (Å²) < 4.78 is 24.2. The van der Waals surface area contributed by atoms with Crippen LogP contribution in [-0.2, 0) is 19.1 Å². The number of alkyl carbamates (subject to hydrolysis) is 1. The first-order valence-electron chi connectivity index (χ1n) is 12.7. The highest BCUT2D eigenvalue weighted by Crippen LogP contribution is 2.34. The molecule has 11 heteroatoms. The summed E-state index contributed by atoms with van der Waals surface area (Å²) in [6.45, 7) is 4.36. The van der Waals surface area contributed by atoms with Gasteiger partial charge in [0, 0.05) is 24.6 Å². The van der Waals surface area contributed by atoms with E-state index in [1.807, 2.05) is 24.3 Å². The summed E-state index contributed by atoms with van der Waals surface area (Å²) in [6, 6.07) is 5.08. The molecule has 0 spiro atoms. The maximum Gasteiger partial charge on any atom is 0.408 e. The van der Waals surface area contributed by atoms with Gasteiger partial charge in [0.1, 0.15) is 23.4 Å². The molecular weight excluding hydrogens is 483 g/mol. The predicted octanol–water partition coefficient (Wildman–Crippen LogP) is 2.08. The van der Waals surface area contributed by atoms with Crippen LogP contribution in [0, 0.1) is 0 Å². The van der Waals surface area contributed by atoms with E-state index < -0.39 is 42.3 Å². The van der Waals surface area contributed by atoms with Crippen molar-refractivity contribution in [2.45, 2.75) is 76.2 Å². The minimum Gasteiger partial charge on any atom is -0.493 e. The number of hydrogen-bond donors (Lipinski definition) is 2. The highest BCUT2D eigenvalue weighted by atomic mass is 19.1. The SMILES string of the molecule is CC(C)(C)OC(=O)N[C@H]1CN(C(=O)CF)CC[C@H]2CC[C@@H](C(=O)N[C@@H]3CCOc4ccccc43)N2C1=O. The van der Waals surface area contributed by atoms with Crippen LogP contribution in [0.5, 0.6) is 5.75 Å². The number of ether oxygens (including phenoxy) is 2. The Balaban J connectivity index is 1.54. The standard InChI is InChI=1S/C26H35FN4O6/c1-26(2,3)37-25(35)29-19-15-30(22(32)14-27)12-10-16-8-9-20(31(16)24(19)34)23(33)28-18-11-13-36-21-7-5-4-6-17(18)21/h4-7,16,18-20H,8-15H2,1-3H3,(H,28,33)(H,29,35)/t16-,18-,19+,20+/m1/s1. The predicted molar refractivity (Wildman–Crippen MR) is 131 cm³/mol. The smallest absolute Gasteiger partial charge is 0.408 e. The number of nitrogens with one attached hydrogen (secondary N) is 2. The van der Waals surface area contributed by atoms with E-state index in [4.69, 9.17) is 9.47 Å². The second-order valence-corrected chi connectivity index (χ2v) is 10.7. The largest absolute Gasteiger partial charge is 0.493 e. The highest BCUT2D eigenvalue weighted by Gasteiger charge is 2.46. The van der Waals surface area contributed by atoms with Gasteiger partial charge in [0.05, 0.1) is 19.2 Å². The summed E-state index contributed by atoms with van der Waals surface area (Å²) in [7, 11) is 0. The normalized spacial score (nSPS) is 25.7. The number of para-hydroxylation sites is 1. The maximum absolute atomic E-state index is 13.8. The molecule has 2 fully saturated rings. The summed E-state index contributed by atoms with van der Waals surface area (Å²) in [5, 5.41) is 5.64. The molecule has 0 unspecified atom stereocenters. The number of halogens is 1. The molecule has 3 aliphatic heterocycles. The third-order valence-corrected chi connectivity index (χ3v) is 6.93. The third kappa shape index (κ3) is 6.14. The van der Waals surface area contributed by atoms with Crippen LogP contribution in [0.3, 0.4) is 0 Å². The first-order chi connectivity index (χ1) is 17.6. The van der Waals surface area contributed by atoms with Gasteiger partial charge in [-0.1, -0.05) is 18.2 Å². The van der Waals surface area contributed by atoms with Crippen molar-refractivity contribution in [3.05, 3.63) is 29.8 Å². The minimum atomic E-state index is -1.20. The lowest BCUT2D eigenvalue weighted by Gasteiger charge is -2.39. The molecule has 202 valence electrons. The number of fused-ring (bicyclic) bond motifs is 2. The second kappa shape index (κ2) is 10.9. The van der Waals surface area contributed by atoms with Crippen molar-refractivity contribution >= 4 is 23.8 Å². The molecular formula is C26H35FN4O6. The summed E-state index contributed by atoms with van der Waals surface area (Å²) in [5.74, 6) is -0.782. The molecule has 37 heavy (non-hydrogen) atoms. The topological polar surface area (TPSA) is 117 Å². The summed E-state index contributed by atoms with van der Waals surface area (Å²) in [6.07, 6.45) is 1.21. The summed E-state index contributed by atoms with van der Waals surface area (Å²) in [4.78, 5) is 54.8. The Morgan fingerprint density at radius 3 is 2.57 bits per heavy atom. The fourth-order valence-corrected chi connectivity index (χ4v) is 5.26. The van der Waals surface area contributed by atoms with Crippen LogP contribution in [0.2, 0.25) is 0 Å². The van der Waals surface area contributed by atoms with Gasteiger partial charge in [-0.25, -0.2) is 9.18 Å². The van der Waals surface area contributed by atoms with Crippen molar-refractivity contribution in [2.24, 2.45) is 0 Å². The molecule has 3 aliphatic rings. The first kappa shape index (κ1) is 26.7. The van der Waals surface area contributed by atoms with Gasteiger partial charge in [-0.15, -0.1) is 0 Å². The molecule has 0 aromatic heterocycles. The van der Waals surface area contributed by atoms with E-state index >= 15 is 0 Å². The van der Waals surface area contributed by atoms with Crippen molar-refractivity contribution in [2.75, 3.05) is 26.4 Å². The molecule has 0 aliphatic carbocycles. The van der Waals surface area contributed by atoms with Crippen molar-refractivity contribution in [1.82, 2.24) is 20.4 Å². The van der Waals surface area contributed by atoms with E-state index in [0.717, 1.165) is 11.3 Å². The van der Waals surface area contributed by atoms with Crippen molar-refractivity contribution in [1.29, 1.82) is 0 Å². The molecule has 2 N–H and O–H groups in total. The van der Waals surface area contributed by atoms with Crippen LogP contribution in [0.15, 0.2) is 24.3 Å². The van der Waals surface area contributed by atoms with E-state index in [1.54, 1.807) is 25.7 Å². The molecule has 2 saturated heterocycles. The lowest BCUT2D eigenvalue weighted by atomic mass is 10.00.